The Labute approximate surface area is 174 Å². The third-order valence-corrected chi connectivity index (χ3v) is 5.38. The molecular weight excluding hydrogens is 356 g/mol. The van der Waals surface area contributed by atoms with Crippen LogP contribution in [0.5, 0.6) is 5.75 Å². The normalized spacial score (nSPS) is 12.3. The first-order valence-electron chi connectivity index (χ1n) is 10.5. The molecule has 0 amide bonds. The lowest BCUT2D eigenvalue weighted by Crippen LogP contribution is -2.07. The van der Waals surface area contributed by atoms with E-state index in [1.165, 1.54) is 29.2 Å². The second-order valence-electron chi connectivity index (χ2n) is 7.50. The van der Waals surface area contributed by atoms with Crippen LogP contribution in [0.2, 0.25) is 0 Å². The van der Waals surface area contributed by atoms with Gasteiger partial charge in [-0.15, -0.1) is 0 Å². The van der Waals surface area contributed by atoms with E-state index < -0.39 is 0 Å². The maximum atomic E-state index is 12.7. The highest BCUT2D eigenvalue weighted by molar-refractivity contribution is 5.91. The fourth-order valence-electron chi connectivity index (χ4n) is 3.69. The minimum absolute atomic E-state index is 0.0262. The zero-order valence-corrected chi connectivity index (χ0v) is 17.4. The van der Waals surface area contributed by atoms with Crippen molar-refractivity contribution in [3.05, 3.63) is 90.0 Å². The van der Waals surface area contributed by atoms with E-state index in [9.17, 15) is 4.79 Å². The average Bonchev–Trinajstić information content (AvgIpc) is 2.77. The number of ketones is 1. The molecule has 29 heavy (non-hydrogen) atoms. The minimum Gasteiger partial charge on any atom is -0.497 e. The summed E-state index contributed by atoms with van der Waals surface area (Å²) in [5, 5.41) is 2.41. The van der Waals surface area contributed by atoms with Crippen molar-refractivity contribution in [2.24, 2.45) is 0 Å². The third kappa shape index (κ3) is 5.80. The number of fused-ring (bicyclic) bond motifs is 1. The molecule has 0 saturated carbocycles. The highest BCUT2D eigenvalue weighted by Crippen LogP contribution is 2.32. The first kappa shape index (κ1) is 20.9. The van der Waals surface area contributed by atoms with E-state index in [-0.39, 0.29) is 11.7 Å². The van der Waals surface area contributed by atoms with E-state index >= 15 is 0 Å². The number of hydrogen-bond acceptors (Lipinski definition) is 2. The molecule has 0 aliphatic rings. The quantitative estimate of drug-likeness (QED) is 0.275. The molecule has 0 N–H and O–H groups in total. The van der Waals surface area contributed by atoms with Gasteiger partial charge in [0, 0.05) is 12.3 Å². The van der Waals surface area contributed by atoms with Crippen molar-refractivity contribution in [2.45, 2.75) is 44.9 Å². The lowest BCUT2D eigenvalue weighted by atomic mass is 9.86. The molecule has 0 heterocycles. The van der Waals surface area contributed by atoms with E-state index in [0.29, 0.717) is 6.42 Å². The van der Waals surface area contributed by atoms with Crippen molar-refractivity contribution < 1.29 is 9.53 Å². The number of hydrogen-bond donors (Lipinski definition) is 0. The summed E-state index contributed by atoms with van der Waals surface area (Å²) in [4.78, 5) is 12.7. The van der Waals surface area contributed by atoms with Gasteiger partial charge in [-0.1, -0.05) is 80.4 Å². The Balaban J connectivity index is 1.85. The zero-order chi connectivity index (χ0) is 20.5. The Kier molecular flexibility index (Phi) is 7.63. The molecule has 2 heteroatoms. The van der Waals surface area contributed by atoms with Crippen molar-refractivity contribution in [1.82, 2.24) is 0 Å². The van der Waals surface area contributed by atoms with Gasteiger partial charge < -0.3 is 4.74 Å². The van der Waals surface area contributed by atoms with Gasteiger partial charge in [0.05, 0.1) is 7.11 Å². The Morgan fingerprint density at radius 2 is 1.66 bits per heavy atom. The number of unbranched alkanes of at least 4 members (excludes halogenated alkanes) is 3. The van der Waals surface area contributed by atoms with Crippen LogP contribution < -0.4 is 4.74 Å². The van der Waals surface area contributed by atoms with Gasteiger partial charge in [-0.25, -0.2) is 0 Å². The Hall–Kier alpha value is -2.87. The smallest absolute Gasteiger partial charge is 0.156 e. The molecule has 0 fully saturated rings. The van der Waals surface area contributed by atoms with Crippen LogP contribution in [0.25, 0.3) is 10.8 Å². The summed E-state index contributed by atoms with van der Waals surface area (Å²) in [6, 6.07) is 22.9. The van der Waals surface area contributed by atoms with Gasteiger partial charge in [0.15, 0.2) is 5.78 Å². The fourth-order valence-corrected chi connectivity index (χ4v) is 3.69. The second kappa shape index (κ2) is 10.6. The summed E-state index contributed by atoms with van der Waals surface area (Å²) < 4.78 is 5.30. The van der Waals surface area contributed by atoms with E-state index in [2.05, 4.69) is 61.5 Å². The summed E-state index contributed by atoms with van der Waals surface area (Å²) in [7, 11) is 1.67. The van der Waals surface area contributed by atoms with E-state index in [4.69, 9.17) is 4.74 Å². The molecule has 2 nitrogen and oxygen atoms in total. The first-order chi connectivity index (χ1) is 14.2. The maximum Gasteiger partial charge on any atom is 0.156 e. The van der Waals surface area contributed by atoms with Gasteiger partial charge in [0.25, 0.3) is 0 Å². The molecule has 0 aliphatic heterocycles. The summed E-state index contributed by atoms with van der Waals surface area (Å²) >= 11 is 0. The predicted molar refractivity (Wildman–Crippen MR) is 122 cm³/mol. The Morgan fingerprint density at radius 3 is 2.38 bits per heavy atom. The topological polar surface area (TPSA) is 26.3 Å². The molecule has 0 unspecified atom stereocenters. The molecular formula is C27H30O2. The SMILES string of the molecule is CCCCC/C=C/C(=O)C[C@H](c1ccc(OC)cc1)c1ccc2ccccc2c1. The van der Waals surface area contributed by atoms with Crippen LogP contribution in [-0.2, 0) is 4.79 Å². The summed E-state index contributed by atoms with van der Waals surface area (Å²) in [5.41, 5.74) is 2.30. The number of carbonyl (C=O) groups excluding carboxylic acids is 1. The number of methoxy groups -OCH3 is 1. The molecule has 3 rings (SSSR count). The molecule has 0 spiro atoms. The number of rotatable bonds is 10. The molecule has 3 aromatic carbocycles. The van der Waals surface area contributed by atoms with Crippen molar-refractivity contribution in [2.75, 3.05) is 7.11 Å². The predicted octanol–water partition coefficient (Wildman–Crippen LogP) is 7.08. The number of allylic oxidation sites excluding steroid dienone is 2. The lowest BCUT2D eigenvalue weighted by Gasteiger charge is -2.18. The van der Waals surface area contributed by atoms with Crippen LogP contribution in [0.3, 0.4) is 0 Å². The number of benzene rings is 3. The van der Waals surface area contributed by atoms with Gasteiger partial charge in [0.2, 0.25) is 0 Å². The molecule has 0 bridgehead atoms. The maximum absolute atomic E-state index is 12.7. The van der Waals surface area contributed by atoms with Gasteiger partial charge in [0.1, 0.15) is 5.75 Å². The Morgan fingerprint density at radius 1 is 0.931 bits per heavy atom. The van der Waals surface area contributed by atoms with Crippen LogP contribution in [0.1, 0.15) is 56.1 Å². The lowest BCUT2D eigenvalue weighted by molar-refractivity contribution is -0.114. The highest BCUT2D eigenvalue weighted by Gasteiger charge is 2.18. The van der Waals surface area contributed by atoms with Crippen LogP contribution in [0.4, 0.5) is 0 Å². The summed E-state index contributed by atoms with van der Waals surface area (Å²) in [6.45, 7) is 2.19. The fraction of sp³-hybridized carbons (Fsp3) is 0.296. The Bertz CT molecular complexity index is 954. The largest absolute Gasteiger partial charge is 0.497 e. The van der Waals surface area contributed by atoms with E-state index in [1.807, 2.05) is 18.2 Å². The highest BCUT2D eigenvalue weighted by atomic mass is 16.5. The molecule has 150 valence electrons. The van der Waals surface area contributed by atoms with Crippen LogP contribution in [0, 0.1) is 0 Å². The minimum atomic E-state index is 0.0262. The average molecular weight is 387 g/mol. The van der Waals surface area contributed by atoms with Crippen LogP contribution in [0.15, 0.2) is 78.9 Å². The van der Waals surface area contributed by atoms with Gasteiger partial charge in [-0.05, 0) is 52.9 Å². The molecule has 0 aromatic heterocycles. The number of carbonyl (C=O) groups is 1. The standard InChI is InChI=1S/C27H30O2/c1-3-4-5-6-7-12-25(28)20-27(22-15-17-26(29-2)18-16-22)24-14-13-21-10-8-9-11-23(21)19-24/h7-19,27H,3-6,20H2,1-2H3/b12-7+/t27-/m1/s1. The van der Waals surface area contributed by atoms with Gasteiger partial charge >= 0.3 is 0 Å². The third-order valence-electron chi connectivity index (χ3n) is 5.38. The van der Waals surface area contributed by atoms with E-state index in [0.717, 1.165) is 24.2 Å². The van der Waals surface area contributed by atoms with Gasteiger partial charge in [-0.2, -0.15) is 0 Å². The molecule has 3 aromatic rings. The van der Waals surface area contributed by atoms with Crippen molar-refractivity contribution in [3.63, 3.8) is 0 Å². The van der Waals surface area contributed by atoms with Crippen molar-refractivity contribution in [3.8, 4) is 5.75 Å². The second-order valence-corrected chi connectivity index (χ2v) is 7.50. The van der Waals surface area contributed by atoms with Crippen molar-refractivity contribution >= 4 is 16.6 Å². The van der Waals surface area contributed by atoms with Crippen molar-refractivity contribution in [1.29, 1.82) is 0 Å². The summed E-state index contributed by atoms with van der Waals surface area (Å²) in [6.07, 6.45) is 8.80. The molecule has 1 atom stereocenters. The molecule has 0 aliphatic carbocycles. The molecule has 0 saturated heterocycles. The van der Waals surface area contributed by atoms with Crippen LogP contribution in [-0.4, -0.2) is 12.9 Å². The zero-order valence-electron chi connectivity index (χ0n) is 17.4. The summed E-state index contributed by atoms with van der Waals surface area (Å²) in [5.74, 6) is 1.03. The monoisotopic (exact) mass is 386 g/mol. The number of ether oxygens (including phenoxy) is 1. The van der Waals surface area contributed by atoms with Crippen LogP contribution >= 0.6 is 0 Å². The van der Waals surface area contributed by atoms with E-state index in [1.54, 1.807) is 13.2 Å². The molecule has 0 radical (unpaired) electrons. The first-order valence-corrected chi connectivity index (χ1v) is 10.5. The van der Waals surface area contributed by atoms with Gasteiger partial charge in [-0.3, -0.25) is 4.79 Å².